The predicted molar refractivity (Wildman–Crippen MR) is 198 cm³/mol. The molecule has 10 rings (SSSR count). The van der Waals surface area contributed by atoms with Crippen molar-refractivity contribution >= 4 is 65.0 Å². The van der Waals surface area contributed by atoms with E-state index in [2.05, 4.69) is 119 Å². The van der Waals surface area contributed by atoms with E-state index in [1.165, 1.54) is 48.5 Å². The third-order valence-electron chi connectivity index (χ3n) is 9.16. The third-order valence-corrected chi connectivity index (χ3v) is 9.16. The number of benzene rings is 7. The average molecular weight is 810 g/mol. The molecule has 0 aliphatic heterocycles. The van der Waals surface area contributed by atoms with Crippen molar-refractivity contribution in [3.05, 3.63) is 146 Å². The Kier molecular flexibility index (Phi) is 7.95. The minimum Gasteiger partial charge on any atom is -0.476 e. The minimum atomic E-state index is 0. The van der Waals surface area contributed by atoms with Crippen LogP contribution in [0.25, 0.3) is 87.7 Å². The van der Waals surface area contributed by atoms with Crippen molar-refractivity contribution in [3.63, 3.8) is 0 Å². The molecule has 0 aliphatic carbocycles. The molecule has 0 aliphatic rings. The molecule has 0 fully saturated rings. The molecule has 239 valence electrons. The quantitative estimate of drug-likeness (QED) is 0.131. The van der Waals surface area contributed by atoms with Crippen molar-refractivity contribution in [1.82, 2.24) is 14.5 Å². The van der Waals surface area contributed by atoms with Crippen LogP contribution in [0, 0.1) is 18.1 Å². The van der Waals surface area contributed by atoms with Gasteiger partial charge in [0.2, 0.25) is 0 Å². The van der Waals surface area contributed by atoms with E-state index in [0.29, 0.717) is 5.92 Å². The van der Waals surface area contributed by atoms with Gasteiger partial charge < -0.3 is 14.0 Å². The third kappa shape index (κ3) is 5.36. The monoisotopic (exact) mass is 810 g/mol. The summed E-state index contributed by atoms with van der Waals surface area (Å²) in [5, 5.41) is 12.3. The molecule has 0 bridgehead atoms. The van der Waals surface area contributed by atoms with Crippen molar-refractivity contribution in [2.75, 3.05) is 0 Å². The summed E-state index contributed by atoms with van der Waals surface area (Å²) < 4.78 is 8.56. The largest absolute Gasteiger partial charge is 0.476 e. The molecule has 1 radical (unpaired) electrons. The van der Waals surface area contributed by atoms with E-state index in [-0.39, 0.29) is 20.1 Å². The summed E-state index contributed by atoms with van der Waals surface area (Å²) in [6, 6.07) is 46.9. The Labute approximate surface area is 297 Å². The average Bonchev–Trinajstić information content (AvgIpc) is 3.74. The fourth-order valence-electron chi connectivity index (χ4n) is 7.11. The number of pyridine rings is 1. The van der Waals surface area contributed by atoms with E-state index in [9.17, 15) is 0 Å². The smallest absolute Gasteiger partial charge is 0.124 e. The van der Waals surface area contributed by atoms with E-state index in [1.807, 2.05) is 55.0 Å². The van der Waals surface area contributed by atoms with Crippen LogP contribution in [0.1, 0.15) is 13.8 Å². The van der Waals surface area contributed by atoms with Crippen molar-refractivity contribution in [3.8, 4) is 22.6 Å². The Morgan fingerprint density at radius 2 is 1.45 bits per heavy atom. The summed E-state index contributed by atoms with van der Waals surface area (Å²) >= 11 is 0. The second-order valence-electron chi connectivity index (χ2n) is 12.8. The summed E-state index contributed by atoms with van der Waals surface area (Å²) in [5.74, 6) is 1.48. The van der Waals surface area contributed by atoms with E-state index >= 15 is 0 Å². The van der Waals surface area contributed by atoms with Crippen LogP contribution in [-0.4, -0.2) is 14.5 Å². The van der Waals surface area contributed by atoms with E-state index < -0.39 is 0 Å². The zero-order valence-corrected chi connectivity index (χ0v) is 29.5. The van der Waals surface area contributed by atoms with Crippen molar-refractivity contribution in [2.24, 2.45) is 5.92 Å². The van der Waals surface area contributed by atoms with Gasteiger partial charge in [0.1, 0.15) is 5.58 Å². The van der Waals surface area contributed by atoms with Crippen LogP contribution in [0.4, 0.5) is 0 Å². The van der Waals surface area contributed by atoms with E-state index in [0.717, 1.165) is 45.7 Å². The molecule has 0 saturated heterocycles. The molecule has 0 N–H and O–H groups in total. The summed E-state index contributed by atoms with van der Waals surface area (Å²) in [5.41, 5.74) is 4.69. The number of imidazole rings is 1. The van der Waals surface area contributed by atoms with Gasteiger partial charge in [-0.2, -0.15) is 0 Å². The molecular weight excluding hydrogens is 779 g/mol. The predicted octanol–water partition coefficient (Wildman–Crippen LogP) is 11.5. The number of fused-ring (bicyclic) bond motifs is 5. The SMILES string of the molecule is CC(C)Cn1ccnc1-c1[c-]c2oc3cc4ccc5cccc6ccc(c3c2cc1)c4c56.[Ir].[c-]1ccc2ccccc2c1-c1ccccn1. The zero-order valence-electron chi connectivity index (χ0n) is 27.1. The number of aromatic nitrogens is 3. The molecule has 3 heterocycles. The second kappa shape index (κ2) is 12.6. The maximum atomic E-state index is 6.37. The van der Waals surface area contributed by atoms with Crippen molar-refractivity contribution in [1.29, 1.82) is 0 Å². The number of hydrogen-bond donors (Lipinski definition) is 0. The van der Waals surface area contributed by atoms with Crippen LogP contribution >= 0.6 is 0 Å². The summed E-state index contributed by atoms with van der Waals surface area (Å²) in [6.07, 6.45) is 5.71. The first-order chi connectivity index (χ1) is 23.6. The minimum absolute atomic E-state index is 0. The van der Waals surface area contributed by atoms with Crippen LogP contribution in [0.5, 0.6) is 0 Å². The normalized spacial score (nSPS) is 11.6. The van der Waals surface area contributed by atoms with E-state index in [4.69, 9.17) is 4.42 Å². The Balaban J connectivity index is 0.000000173. The van der Waals surface area contributed by atoms with Gasteiger partial charge in [0.15, 0.2) is 0 Å². The fourth-order valence-corrected chi connectivity index (χ4v) is 7.11. The Morgan fingerprint density at radius 3 is 2.29 bits per heavy atom. The molecule has 0 spiro atoms. The molecule has 3 aromatic heterocycles. The first-order valence-corrected chi connectivity index (χ1v) is 16.4. The summed E-state index contributed by atoms with van der Waals surface area (Å²) in [4.78, 5) is 8.97. The maximum absolute atomic E-state index is 6.37. The molecule has 7 aromatic carbocycles. The van der Waals surface area contributed by atoms with Gasteiger partial charge in [-0.15, -0.1) is 46.8 Å². The molecule has 4 nitrogen and oxygen atoms in total. The van der Waals surface area contributed by atoms with Gasteiger partial charge in [-0.1, -0.05) is 110 Å². The first kappa shape index (κ1) is 30.9. The van der Waals surface area contributed by atoms with Crippen LogP contribution in [0.2, 0.25) is 0 Å². The molecule has 49 heavy (non-hydrogen) atoms. The van der Waals surface area contributed by atoms with Crippen LogP contribution in [-0.2, 0) is 26.7 Å². The Morgan fingerprint density at radius 1 is 0.673 bits per heavy atom. The molecular formula is C44H31IrN3O-2. The molecule has 0 amide bonds. The van der Waals surface area contributed by atoms with Gasteiger partial charge in [0, 0.05) is 45.2 Å². The van der Waals surface area contributed by atoms with Crippen LogP contribution < -0.4 is 0 Å². The van der Waals surface area contributed by atoms with Crippen molar-refractivity contribution < 1.29 is 24.5 Å². The van der Waals surface area contributed by atoms with Gasteiger partial charge in [0.25, 0.3) is 0 Å². The zero-order chi connectivity index (χ0) is 32.2. The maximum Gasteiger partial charge on any atom is 0.124 e. The molecule has 0 saturated carbocycles. The standard InChI is InChI=1S/C29H21N2O.C15H10N.Ir/c1-17(2)16-31-13-12-30-29(31)21-9-10-22-24(15-21)32-25-14-20-7-6-18-4-3-5-19-8-11-23(28(22)25)27(20)26(18)19;1-2-8-13-12(6-1)7-5-9-14(13)15-10-3-4-11-16-15;/h3-14,17H,16H2,1-2H3;1-8,10-11H;/q2*-1;. The van der Waals surface area contributed by atoms with Crippen LogP contribution in [0.15, 0.2) is 138 Å². The summed E-state index contributed by atoms with van der Waals surface area (Å²) in [6.45, 7) is 5.36. The topological polar surface area (TPSA) is 43.9 Å². The number of hydrogen-bond acceptors (Lipinski definition) is 3. The Hall–Kier alpha value is -5.35. The van der Waals surface area contributed by atoms with Crippen molar-refractivity contribution in [2.45, 2.75) is 20.4 Å². The molecule has 0 unspecified atom stereocenters. The van der Waals surface area contributed by atoms with Gasteiger partial charge in [0.05, 0.1) is 11.4 Å². The second-order valence-corrected chi connectivity index (χ2v) is 12.8. The summed E-state index contributed by atoms with van der Waals surface area (Å²) in [7, 11) is 0. The van der Waals surface area contributed by atoms with Gasteiger partial charge in [-0.25, -0.2) is 0 Å². The Bertz CT molecular complexity index is 2720. The number of furan rings is 1. The van der Waals surface area contributed by atoms with Crippen LogP contribution in [0.3, 0.4) is 0 Å². The first-order valence-electron chi connectivity index (χ1n) is 16.4. The van der Waals surface area contributed by atoms with Gasteiger partial charge in [-0.05, 0) is 61.4 Å². The molecule has 10 aromatic rings. The van der Waals surface area contributed by atoms with Gasteiger partial charge >= 0.3 is 0 Å². The number of nitrogens with zero attached hydrogens (tertiary/aromatic N) is 3. The number of rotatable bonds is 4. The van der Waals surface area contributed by atoms with E-state index in [1.54, 1.807) is 0 Å². The molecule has 0 atom stereocenters. The van der Waals surface area contributed by atoms with Gasteiger partial charge in [-0.3, -0.25) is 4.98 Å². The fraction of sp³-hybridized carbons (Fsp3) is 0.0909. The molecule has 5 heteroatoms.